The number of nitrogens with zero attached hydrogens (tertiary/aromatic N) is 2. The number of aliphatic hydroxyl groups excluding tert-OH is 1. The highest BCUT2D eigenvalue weighted by Crippen LogP contribution is 2.16. The van der Waals surface area contributed by atoms with E-state index < -0.39 is 0 Å². The van der Waals surface area contributed by atoms with Gasteiger partial charge >= 0.3 is 0 Å². The molecule has 0 spiro atoms. The molecule has 0 bridgehead atoms. The summed E-state index contributed by atoms with van der Waals surface area (Å²) in [6.07, 6.45) is 6.02. The van der Waals surface area contributed by atoms with Crippen molar-refractivity contribution in [2.45, 2.75) is 64.5 Å². The van der Waals surface area contributed by atoms with Crippen LogP contribution < -0.4 is 5.32 Å². The van der Waals surface area contributed by atoms with Crippen LogP contribution >= 0.6 is 0 Å². The minimum atomic E-state index is -0.0993. The lowest BCUT2D eigenvalue weighted by Crippen LogP contribution is -2.45. The molecule has 21 heavy (non-hydrogen) atoms. The van der Waals surface area contributed by atoms with E-state index in [-0.39, 0.29) is 12.1 Å². The highest BCUT2D eigenvalue weighted by molar-refractivity contribution is 4.82. The maximum absolute atomic E-state index is 9.53. The maximum atomic E-state index is 9.53. The topological polar surface area (TPSA) is 38.7 Å². The summed E-state index contributed by atoms with van der Waals surface area (Å²) in [7, 11) is 2.25. The SMILES string of the molecule is CCNC(C)(CO)CCCCN1CCCN(C)CC1CC. The third-order valence-electron chi connectivity index (χ3n) is 4.87. The molecule has 1 heterocycles. The number of nitrogens with one attached hydrogen (secondary N) is 1. The lowest BCUT2D eigenvalue weighted by Gasteiger charge is -2.31. The third kappa shape index (κ3) is 6.64. The number of likely N-dealkylation sites (N-methyl/N-ethyl adjacent to an activating group) is 2. The molecular weight excluding hydrogens is 262 g/mol. The van der Waals surface area contributed by atoms with Crippen molar-refractivity contribution in [1.29, 1.82) is 0 Å². The first-order valence-corrected chi connectivity index (χ1v) is 8.83. The van der Waals surface area contributed by atoms with Crippen LogP contribution in [-0.4, -0.2) is 72.9 Å². The second-order valence-electron chi connectivity index (χ2n) is 6.92. The minimum Gasteiger partial charge on any atom is -0.394 e. The van der Waals surface area contributed by atoms with Gasteiger partial charge in [0, 0.05) is 18.1 Å². The molecule has 0 aliphatic carbocycles. The summed E-state index contributed by atoms with van der Waals surface area (Å²) in [6, 6.07) is 0.718. The van der Waals surface area contributed by atoms with Gasteiger partial charge in [0.05, 0.1) is 6.61 Å². The normalized spacial score (nSPS) is 24.7. The largest absolute Gasteiger partial charge is 0.394 e. The lowest BCUT2D eigenvalue weighted by molar-refractivity contribution is 0.155. The molecule has 4 heteroatoms. The second kappa shape index (κ2) is 9.78. The van der Waals surface area contributed by atoms with E-state index in [1.165, 1.54) is 51.9 Å². The number of hydrogen-bond acceptors (Lipinski definition) is 4. The number of unbranched alkanes of at least 4 members (excludes halogenated alkanes) is 1. The van der Waals surface area contributed by atoms with Crippen LogP contribution in [0.5, 0.6) is 0 Å². The van der Waals surface area contributed by atoms with Crippen LogP contribution in [0.15, 0.2) is 0 Å². The van der Waals surface area contributed by atoms with Gasteiger partial charge in [-0.05, 0) is 65.8 Å². The fourth-order valence-corrected chi connectivity index (χ4v) is 3.45. The van der Waals surface area contributed by atoms with E-state index in [1.54, 1.807) is 0 Å². The van der Waals surface area contributed by atoms with E-state index in [1.807, 2.05) is 0 Å². The van der Waals surface area contributed by atoms with Crippen LogP contribution in [0.1, 0.15) is 52.9 Å². The van der Waals surface area contributed by atoms with Crippen LogP contribution in [0.2, 0.25) is 0 Å². The lowest BCUT2D eigenvalue weighted by atomic mass is 9.95. The van der Waals surface area contributed by atoms with Gasteiger partial charge in [-0.1, -0.05) is 20.3 Å². The highest BCUT2D eigenvalue weighted by atomic mass is 16.3. The molecule has 0 aromatic carbocycles. The molecule has 2 unspecified atom stereocenters. The second-order valence-corrected chi connectivity index (χ2v) is 6.92. The van der Waals surface area contributed by atoms with Crippen molar-refractivity contribution in [3.8, 4) is 0 Å². The van der Waals surface area contributed by atoms with Gasteiger partial charge in [0.25, 0.3) is 0 Å². The summed E-state index contributed by atoms with van der Waals surface area (Å²) in [4.78, 5) is 5.16. The van der Waals surface area contributed by atoms with Gasteiger partial charge in [0.15, 0.2) is 0 Å². The standard InChI is InChI=1S/C17H37N3O/c1-5-16-14-19(4)11-9-13-20(16)12-8-7-10-17(3,15-21)18-6-2/h16,18,21H,5-15H2,1-4H3. The smallest absolute Gasteiger partial charge is 0.0610 e. The fraction of sp³-hybridized carbons (Fsp3) is 1.00. The first-order chi connectivity index (χ1) is 10.0. The number of rotatable bonds is 9. The van der Waals surface area contributed by atoms with Gasteiger partial charge in [0.1, 0.15) is 0 Å². The molecular formula is C17H37N3O. The zero-order valence-corrected chi connectivity index (χ0v) is 14.7. The van der Waals surface area contributed by atoms with Crippen LogP contribution in [0.25, 0.3) is 0 Å². The van der Waals surface area contributed by atoms with E-state index in [4.69, 9.17) is 0 Å². The average molecular weight is 300 g/mol. The first kappa shape index (κ1) is 18.9. The average Bonchev–Trinajstić information content (AvgIpc) is 2.65. The molecule has 2 atom stereocenters. The Balaban J connectivity index is 2.33. The molecule has 0 aromatic heterocycles. The quantitative estimate of drug-likeness (QED) is 0.638. The molecule has 0 saturated carbocycles. The van der Waals surface area contributed by atoms with Crippen molar-refractivity contribution in [2.75, 3.05) is 46.4 Å². The van der Waals surface area contributed by atoms with E-state index in [2.05, 4.69) is 42.9 Å². The van der Waals surface area contributed by atoms with Gasteiger partial charge in [0.2, 0.25) is 0 Å². The van der Waals surface area contributed by atoms with Crippen molar-refractivity contribution in [2.24, 2.45) is 0 Å². The molecule has 0 radical (unpaired) electrons. The zero-order chi connectivity index (χ0) is 15.7. The predicted molar refractivity (Wildman–Crippen MR) is 90.8 cm³/mol. The predicted octanol–water partition coefficient (Wildman–Crippen LogP) is 1.93. The van der Waals surface area contributed by atoms with Crippen molar-refractivity contribution in [3.63, 3.8) is 0 Å². The number of aliphatic hydroxyl groups is 1. The van der Waals surface area contributed by atoms with Gasteiger partial charge < -0.3 is 15.3 Å². The van der Waals surface area contributed by atoms with Crippen LogP contribution in [-0.2, 0) is 0 Å². The van der Waals surface area contributed by atoms with Crippen molar-refractivity contribution in [3.05, 3.63) is 0 Å². The molecule has 0 aromatic rings. The van der Waals surface area contributed by atoms with E-state index >= 15 is 0 Å². The number of hydrogen-bond donors (Lipinski definition) is 2. The van der Waals surface area contributed by atoms with Gasteiger partial charge in [-0.15, -0.1) is 0 Å². The van der Waals surface area contributed by atoms with Crippen molar-refractivity contribution < 1.29 is 5.11 Å². The molecule has 0 amide bonds. The van der Waals surface area contributed by atoms with E-state index in [0.717, 1.165) is 19.0 Å². The fourth-order valence-electron chi connectivity index (χ4n) is 3.45. The van der Waals surface area contributed by atoms with Gasteiger partial charge in [-0.3, -0.25) is 4.90 Å². The Morgan fingerprint density at radius 3 is 2.62 bits per heavy atom. The molecule has 1 fully saturated rings. The van der Waals surface area contributed by atoms with Crippen molar-refractivity contribution in [1.82, 2.24) is 15.1 Å². The Labute approximate surface area is 131 Å². The summed E-state index contributed by atoms with van der Waals surface area (Å²) in [5.41, 5.74) is -0.0993. The molecule has 2 N–H and O–H groups in total. The summed E-state index contributed by atoms with van der Waals surface area (Å²) in [6.45, 7) is 12.6. The highest BCUT2D eigenvalue weighted by Gasteiger charge is 2.23. The monoisotopic (exact) mass is 299 g/mol. The van der Waals surface area contributed by atoms with Gasteiger partial charge in [-0.25, -0.2) is 0 Å². The Hall–Kier alpha value is -0.160. The van der Waals surface area contributed by atoms with Crippen LogP contribution in [0.3, 0.4) is 0 Å². The third-order valence-corrected chi connectivity index (χ3v) is 4.87. The zero-order valence-electron chi connectivity index (χ0n) is 14.7. The summed E-state index contributed by atoms with van der Waals surface area (Å²) >= 11 is 0. The van der Waals surface area contributed by atoms with Crippen LogP contribution in [0.4, 0.5) is 0 Å². The summed E-state index contributed by atoms with van der Waals surface area (Å²) in [5, 5.41) is 12.9. The molecule has 1 saturated heterocycles. The van der Waals surface area contributed by atoms with E-state index in [9.17, 15) is 5.11 Å². The molecule has 1 aliphatic rings. The molecule has 126 valence electrons. The Bertz CT molecular complexity index is 275. The Morgan fingerprint density at radius 2 is 2.00 bits per heavy atom. The Morgan fingerprint density at radius 1 is 1.24 bits per heavy atom. The Kier molecular flexibility index (Phi) is 8.79. The molecule has 1 aliphatic heterocycles. The van der Waals surface area contributed by atoms with Crippen LogP contribution in [0, 0.1) is 0 Å². The summed E-state index contributed by atoms with van der Waals surface area (Å²) in [5.74, 6) is 0. The minimum absolute atomic E-state index is 0.0993. The van der Waals surface area contributed by atoms with E-state index in [0.29, 0.717) is 0 Å². The first-order valence-electron chi connectivity index (χ1n) is 8.83. The molecule has 1 rings (SSSR count). The van der Waals surface area contributed by atoms with Crippen molar-refractivity contribution >= 4 is 0 Å². The molecule has 4 nitrogen and oxygen atoms in total. The maximum Gasteiger partial charge on any atom is 0.0610 e. The van der Waals surface area contributed by atoms with Gasteiger partial charge in [-0.2, -0.15) is 0 Å². The summed E-state index contributed by atoms with van der Waals surface area (Å²) < 4.78 is 0.